The summed E-state index contributed by atoms with van der Waals surface area (Å²) in [6.45, 7) is 5.61. The molecule has 3 heterocycles. The van der Waals surface area contributed by atoms with Crippen LogP contribution in [0.4, 0.5) is 11.4 Å². The number of piperidine rings is 1. The van der Waals surface area contributed by atoms with Gasteiger partial charge in [0.15, 0.2) is 0 Å². The number of likely N-dealkylation sites (tertiary alicyclic amines) is 1. The van der Waals surface area contributed by atoms with Crippen molar-refractivity contribution in [2.45, 2.75) is 51.1 Å². The molecule has 1 N–H and O–H groups in total. The molecule has 2 fully saturated rings. The van der Waals surface area contributed by atoms with E-state index in [2.05, 4.69) is 22.0 Å². The van der Waals surface area contributed by atoms with Crippen LogP contribution in [0.15, 0.2) is 18.2 Å². The van der Waals surface area contributed by atoms with Crippen molar-refractivity contribution in [2.75, 3.05) is 56.6 Å². The lowest BCUT2D eigenvalue weighted by Crippen LogP contribution is -2.57. The average Bonchev–Trinajstić information content (AvgIpc) is 3.27. The molecule has 0 radical (unpaired) electrons. The minimum absolute atomic E-state index is 0.0192. The number of fused-ring (bicyclic) bond motifs is 3. The van der Waals surface area contributed by atoms with Crippen molar-refractivity contribution in [3.63, 3.8) is 0 Å². The number of carbonyl (C=O) groups is 3. The van der Waals surface area contributed by atoms with Crippen LogP contribution < -0.4 is 15.1 Å². The fourth-order valence-corrected chi connectivity index (χ4v) is 5.29. The molecule has 174 valence electrons. The summed E-state index contributed by atoms with van der Waals surface area (Å²) in [7, 11) is 3.42. The van der Waals surface area contributed by atoms with Crippen molar-refractivity contribution in [3.8, 4) is 0 Å². The molecular formula is C24H35N5O3. The number of carbonyl (C=O) groups excluding carboxylic acids is 3. The van der Waals surface area contributed by atoms with Crippen LogP contribution in [0.25, 0.3) is 0 Å². The Kier molecular flexibility index (Phi) is 6.69. The van der Waals surface area contributed by atoms with E-state index in [9.17, 15) is 14.4 Å². The largest absolute Gasteiger partial charge is 0.358 e. The van der Waals surface area contributed by atoms with Gasteiger partial charge in [0.05, 0.1) is 11.4 Å². The third-order valence-electron chi connectivity index (χ3n) is 7.02. The van der Waals surface area contributed by atoms with Gasteiger partial charge in [0.1, 0.15) is 12.6 Å². The quantitative estimate of drug-likeness (QED) is 0.727. The summed E-state index contributed by atoms with van der Waals surface area (Å²) < 4.78 is 0. The fourth-order valence-electron chi connectivity index (χ4n) is 5.29. The van der Waals surface area contributed by atoms with E-state index in [1.54, 1.807) is 25.1 Å². The van der Waals surface area contributed by atoms with Gasteiger partial charge in [0.25, 0.3) is 5.91 Å². The molecule has 3 amide bonds. The predicted octanol–water partition coefficient (Wildman–Crippen LogP) is 1.69. The zero-order chi connectivity index (χ0) is 22.8. The van der Waals surface area contributed by atoms with Crippen molar-refractivity contribution in [2.24, 2.45) is 0 Å². The first-order valence-electron chi connectivity index (χ1n) is 11.8. The molecule has 2 unspecified atom stereocenters. The number of benzene rings is 1. The number of hydrogen-bond acceptors (Lipinski definition) is 5. The molecule has 8 nitrogen and oxygen atoms in total. The highest BCUT2D eigenvalue weighted by Crippen LogP contribution is 2.40. The number of likely N-dealkylation sites (N-methyl/N-ethyl adjacent to an activating group) is 1. The van der Waals surface area contributed by atoms with E-state index in [1.165, 1.54) is 4.90 Å². The van der Waals surface area contributed by atoms with Crippen LogP contribution in [-0.2, 0) is 9.59 Å². The van der Waals surface area contributed by atoms with Gasteiger partial charge in [-0.15, -0.1) is 0 Å². The minimum Gasteiger partial charge on any atom is -0.358 e. The zero-order valence-electron chi connectivity index (χ0n) is 19.5. The van der Waals surface area contributed by atoms with E-state index < -0.39 is 0 Å². The van der Waals surface area contributed by atoms with Crippen LogP contribution in [-0.4, -0.2) is 86.4 Å². The second-order valence-electron chi connectivity index (χ2n) is 9.26. The van der Waals surface area contributed by atoms with Gasteiger partial charge in [-0.1, -0.05) is 6.92 Å². The molecule has 1 aromatic carbocycles. The first-order valence-corrected chi connectivity index (χ1v) is 11.8. The third kappa shape index (κ3) is 4.33. The van der Waals surface area contributed by atoms with Crippen molar-refractivity contribution in [1.29, 1.82) is 0 Å². The molecule has 2 atom stereocenters. The SMILES string of the molecule is CCN1CCCC1CNC(=O)CN1C(=O)C2CCCCN2c2ccc(C(=O)N(C)C)cc21. The Labute approximate surface area is 190 Å². The van der Waals surface area contributed by atoms with E-state index in [-0.39, 0.29) is 30.3 Å². The highest BCUT2D eigenvalue weighted by molar-refractivity contribution is 6.09. The van der Waals surface area contributed by atoms with Gasteiger partial charge in [-0.2, -0.15) is 0 Å². The number of rotatable bonds is 6. The van der Waals surface area contributed by atoms with E-state index >= 15 is 0 Å². The maximum absolute atomic E-state index is 13.4. The number of amides is 3. The summed E-state index contributed by atoms with van der Waals surface area (Å²) >= 11 is 0. The summed E-state index contributed by atoms with van der Waals surface area (Å²) in [5, 5.41) is 3.05. The minimum atomic E-state index is -0.232. The van der Waals surface area contributed by atoms with Crippen LogP contribution in [0.2, 0.25) is 0 Å². The van der Waals surface area contributed by atoms with E-state index in [0.29, 0.717) is 23.8 Å². The van der Waals surface area contributed by atoms with Gasteiger partial charge in [-0.3, -0.25) is 24.2 Å². The number of hydrogen-bond donors (Lipinski definition) is 1. The summed E-state index contributed by atoms with van der Waals surface area (Å²) in [6, 6.07) is 5.65. The summed E-state index contributed by atoms with van der Waals surface area (Å²) in [6.07, 6.45) is 5.09. The first kappa shape index (κ1) is 22.6. The third-order valence-corrected chi connectivity index (χ3v) is 7.02. The average molecular weight is 442 g/mol. The van der Waals surface area contributed by atoms with Gasteiger partial charge in [0.2, 0.25) is 11.8 Å². The Hall–Kier alpha value is -2.61. The molecule has 0 aliphatic carbocycles. The Morgan fingerprint density at radius 1 is 1.09 bits per heavy atom. The Bertz CT molecular complexity index is 886. The molecule has 3 aliphatic heterocycles. The summed E-state index contributed by atoms with van der Waals surface area (Å²) in [5.74, 6) is -0.315. The Balaban J connectivity index is 1.56. The highest BCUT2D eigenvalue weighted by Gasteiger charge is 2.40. The molecule has 32 heavy (non-hydrogen) atoms. The lowest BCUT2D eigenvalue weighted by Gasteiger charge is -2.45. The number of nitrogens with one attached hydrogen (secondary N) is 1. The lowest BCUT2D eigenvalue weighted by atomic mass is 9.95. The molecule has 0 bridgehead atoms. The van der Waals surface area contributed by atoms with Gasteiger partial charge in [-0.05, 0) is 63.4 Å². The van der Waals surface area contributed by atoms with Crippen molar-refractivity contribution < 1.29 is 14.4 Å². The number of anilines is 2. The van der Waals surface area contributed by atoms with Crippen molar-refractivity contribution >= 4 is 29.1 Å². The first-order chi connectivity index (χ1) is 15.4. The van der Waals surface area contributed by atoms with Gasteiger partial charge < -0.3 is 15.1 Å². The molecule has 0 saturated carbocycles. The van der Waals surface area contributed by atoms with Crippen LogP contribution >= 0.6 is 0 Å². The molecule has 0 aromatic heterocycles. The molecule has 4 rings (SSSR count). The predicted molar refractivity (Wildman–Crippen MR) is 125 cm³/mol. The van der Waals surface area contributed by atoms with Crippen LogP contribution in [0.1, 0.15) is 49.4 Å². The second-order valence-corrected chi connectivity index (χ2v) is 9.26. The number of nitrogens with zero attached hydrogens (tertiary/aromatic N) is 4. The summed E-state index contributed by atoms with van der Waals surface area (Å²) in [4.78, 5) is 46.5. The van der Waals surface area contributed by atoms with Gasteiger partial charge in [0, 0.05) is 38.8 Å². The smallest absolute Gasteiger partial charge is 0.253 e. The molecule has 3 aliphatic rings. The Morgan fingerprint density at radius 3 is 2.66 bits per heavy atom. The van der Waals surface area contributed by atoms with Gasteiger partial charge in [-0.25, -0.2) is 0 Å². The van der Waals surface area contributed by atoms with E-state index in [4.69, 9.17) is 0 Å². The maximum atomic E-state index is 13.4. The maximum Gasteiger partial charge on any atom is 0.253 e. The van der Waals surface area contributed by atoms with E-state index in [0.717, 1.165) is 57.4 Å². The normalized spacial score (nSPS) is 23.0. The zero-order valence-corrected chi connectivity index (χ0v) is 19.5. The monoisotopic (exact) mass is 441 g/mol. The fraction of sp³-hybridized carbons (Fsp3) is 0.625. The molecule has 0 spiro atoms. The molecule has 1 aromatic rings. The van der Waals surface area contributed by atoms with Crippen LogP contribution in [0, 0.1) is 0 Å². The van der Waals surface area contributed by atoms with Gasteiger partial charge >= 0.3 is 0 Å². The Morgan fingerprint density at radius 2 is 1.91 bits per heavy atom. The van der Waals surface area contributed by atoms with Crippen molar-refractivity contribution in [3.05, 3.63) is 23.8 Å². The molecular weight excluding hydrogens is 406 g/mol. The van der Waals surface area contributed by atoms with Crippen LogP contribution in [0.5, 0.6) is 0 Å². The topological polar surface area (TPSA) is 76.2 Å². The lowest BCUT2D eigenvalue weighted by molar-refractivity contribution is -0.125. The van der Waals surface area contributed by atoms with Crippen molar-refractivity contribution in [1.82, 2.24) is 15.1 Å². The van der Waals surface area contributed by atoms with E-state index in [1.807, 2.05) is 12.1 Å². The highest BCUT2D eigenvalue weighted by atomic mass is 16.2. The summed E-state index contributed by atoms with van der Waals surface area (Å²) in [5.41, 5.74) is 2.12. The molecule has 8 heteroatoms. The standard InChI is InChI=1S/C24H35N5O3/c1-4-27-12-7-8-18(27)15-25-22(30)16-29-21-14-17(23(31)26(2)3)10-11-19(21)28-13-6-5-9-20(28)24(29)32/h10-11,14,18,20H,4-9,12-13,15-16H2,1-3H3,(H,25,30). The second kappa shape index (κ2) is 9.48. The van der Waals surface area contributed by atoms with Crippen LogP contribution in [0.3, 0.4) is 0 Å². The molecule has 2 saturated heterocycles.